The first-order valence-corrected chi connectivity index (χ1v) is 6.69. The molecule has 6 nitrogen and oxygen atoms in total. The molecule has 2 aliphatic rings. The minimum absolute atomic E-state index is 0.0474. The van der Waals surface area contributed by atoms with Gasteiger partial charge in [-0.05, 0) is 30.5 Å². The molecule has 1 aromatic rings. The molecule has 104 valence electrons. The maximum absolute atomic E-state index is 11.6. The zero-order chi connectivity index (χ0) is 14.1. The van der Waals surface area contributed by atoms with Crippen LogP contribution in [0.4, 0.5) is 4.79 Å². The van der Waals surface area contributed by atoms with Gasteiger partial charge in [0.25, 0.3) is 11.8 Å². The Hall–Kier alpha value is -2.37. The van der Waals surface area contributed by atoms with E-state index in [1.54, 1.807) is 0 Å². The number of carbonyl (C=O) groups is 3. The van der Waals surface area contributed by atoms with Gasteiger partial charge in [-0.25, -0.2) is 4.79 Å². The Morgan fingerprint density at radius 1 is 1.10 bits per heavy atom. The quantitative estimate of drug-likeness (QED) is 0.630. The average Bonchev–Trinajstić information content (AvgIpc) is 3.04. The Morgan fingerprint density at radius 2 is 1.75 bits per heavy atom. The molecule has 2 fully saturated rings. The van der Waals surface area contributed by atoms with Crippen molar-refractivity contribution in [1.29, 1.82) is 0 Å². The van der Waals surface area contributed by atoms with Crippen LogP contribution in [0.15, 0.2) is 24.0 Å². The molecule has 2 N–H and O–H groups in total. The van der Waals surface area contributed by atoms with Gasteiger partial charge in [0.05, 0.1) is 0 Å². The van der Waals surface area contributed by atoms with Gasteiger partial charge >= 0.3 is 6.03 Å². The van der Waals surface area contributed by atoms with Crippen molar-refractivity contribution in [2.45, 2.75) is 31.7 Å². The molecule has 1 aromatic heterocycles. The standard InChI is InChI=1S/C14H15N3O3/c18-12-11(13(19)16-14(20)15-12)7-9-5-6-17(8-9)10-3-1-2-4-10/h5-8,10H,1-4H2,(H2,15,16,18,19,20). The van der Waals surface area contributed by atoms with Crippen LogP contribution in [0.25, 0.3) is 6.08 Å². The summed E-state index contributed by atoms with van der Waals surface area (Å²) in [6.45, 7) is 0. The summed E-state index contributed by atoms with van der Waals surface area (Å²) >= 11 is 0. The fourth-order valence-corrected chi connectivity index (χ4v) is 2.72. The zero-order valence-electron chi connectivity index (χ0n) is 10.9. The molecule has 20 heavy (non-hydrogen) atoms. The molecule has 1 aliphatic heterocycles. The molecule has 0 spiro atoms. The summed E-state index contributed by atoms with van der Waals surface area (Å²) in [5, 5.41) is 4.11. The normalized spacial score (nSPS) is 20.0. The maximum Gasteiger partial charge on any atom is 0.328 e. The maximum atomic E-state index is 11.6. The number of urea groups is 1. The van der Waals surface area contributed by atoms with Gasteiger partial charge in [-0.1, -0.05) is 12.8 Å². The van der Waals surface area contributed by atoms with Crippen LogP contribution in [0.2, 0.25) is 0 Å². The van der Waals surface area contributed by atoms with Crippen molar-refractivity contribution < 1.29 is 14.4 Å². The zero-order valence-corrected chi connectivity index (χ0v) is 10.9. The van der Waals surface area contributed by atoms with E-state index in [4.69, 9.17) is 0 Å². The lowest BCUT2D eigenvalue weighted by molar-refractivity contribution is -0.123. The Morgan fingerprint density at radius 3 is 2.40 bits per heavy atom. The first-order valence-electron chi connectivity index (χ1n) is 6.69. The second kappa shape index (κ2) is 4.96. The molecule has 0 radical (unpaired) electrons. The highest BCUT2D eigenvalue weighted by molar-refractivity contribution is 6.31. The van der Waals surface area contributed by atoms with Gasteiger partial charge in [0.1, 0.15) is 5.57 Å². The molecule has 1 aliphatic carbocycles. The van der Waals surface area contributed by atoms with Crippen molar-refractivity contribution in [2.75, 3.05) is 0 Å². The Kier molecular flexibility index (Phi) is 3.14. The van der Waals surface area contributed by atoms with Crippen LogP contribution in [0, 0.1) is 0 Å². The molecule has 0 aromatic carbocycles. The summed E-state index contributed by atoms with van der Waals surface area (Å²) in [7, 11) is 0. The lowest BCUT2D eigenvalue weighted by atomic mass is 10.1. The molecule has 0 bridgehead atoms. The number of rotatable bonds is 2. The fraction of sp³-hybridized carbons (Fsp3) is 0.357. The second-order valence-electron chi connectivity index (χ2n) is 5.13. The number of barbiturate groups is 1. The van der Waals surface area contributed by atoms with Crippen LogP contribution in [0.3, 0.4) is 0 Å². The van der Waals surface area contributed by atoms with Crippen molar-refractivity contribution >= 4 is 23.9 Å². The van der Waals surface area contributed by atoms with E-state index in [1.807, 2.05) is 18.5 Å². The van der Waals surface area contributed by atoms with Crippen LogP contribution >= 0.6 is 0 Å². The van der Waals surface area contributed by atoms with E-state index in [9.17, 15) is 14.4 Å². The Labute approximate surface area is 115 Å². The number of hydrogen-bond donors (Lipinski definition) is 2. The minimum atomic E-state index is -0.777. The lowest BCUT2D eigenvalue weighted by Crippen LogP contribution is -2.51. The van der Waals surface area contributed by atoms with Crippen molar-refractivity contribution in [1.82, 2.24) is 15.2 Å². The lowest BCUT2D eigenvalue weighted by Gasteiger charge is -2.13. The third kappa shape index (κ3) is 2.36. The molecule has 1 saturated carbocycles. The van der Waals surface area contributed by atoms with E-state index < -0.39 is 17.8 Å². The largest absolute Gasteiger partial charge is 0.351 e. The van der Waals surface area contributed by atoms with Gasteiger partial charge in [-0.3, -0.25) is 20.2 Å². The van der Waals surface area contributed by atoms with Gasteiger partial charge in [0.15, 0.2) is 0 Å². The molecule has 3 rings (SSSR count). The number of aromatic nitrogens is 1. The molecular formula is C14H15N3O3. The summed E-state index contributed by atoms with van der Waals surface area (Å²) in [6, 6.07) is 1.60. The first-order chi connectivity index (χ1) is 9.63. The number of nitrogens with zero attached hydrogens (tertiary/aromatic N) is 1. The van der Waals surface area contributed by atoms with Gasteiger partial charge in [0.2, 0.25) is 0 Å². The van der Waals surface area contributed by atoms with Crippen molar-refractivity contribution in [3.63, 3.8) is 0 Å². The number of amides is 4. The van der Waals surface area contributed by atoms with E-state index in [-0.39, 0.29) is 5.57 Å². The summed E-state index contributed by atoms with van der Waals surface area (Å²) in [6.07, 6.45) is 10.2. The molecule has 2 heterocycles. The van der Waals surface area contributed by atoms with Crippen LogP contribution in [-0.4, -0.2) is 22.4 Å². The van der Waals surface area contributed by atoms with Crippen LogP contribution in [0.1, 0.15) is 37.3 Å². The van der Waals surface area contributed by atoms with Crippen LogP contribution in [0.5, 0.6) is 0 Å². The number of carbonyl (C=O) groups excluding carboxylic acids is 3. The molecular weight excluding hydrogens is 258 g/mol. The highest BCUT2D eigenvalue weighted by atomic mass is 16.2. The van der Waals surface area contributed by atoms with E-state index in [2.05, 4.69) is 15.2 Å². The Bertz CT molecular complexity index is 587. The van der Waals surface area contributed by atoms with Gasteiger partial charge in [0, 0.05) is 18.4 Å². The first kappa shape index (κ1) is 12.7. The van der Waals surface area contributed by atoms with E-state index in [0.29, 0.717) is 6.04 Å². The highest BCUT2D eigenvalue weighted by Gasteiger charge is 2.27. The predicted molar refractivity (Wildman–Crippen MR) is 71.6 cm³/mol. The van der Waals surface area contributed by atoms with E-state index >= 15 is 0 Å². The fourth-order valence-electron chi connectivity index (χ4n) is 2.72. The van der Waals surface area contributed by atoms with Gasteiger partial charge < -0.3 is 4.57 Å². The smallest absolute Gasteiger partial charge is 0.328 e. The van der Waals surface area contributed by atoms with E-state index in [1.165, 1.54) is 31.8 Å². The summed E-state index contributed by atoms with van der Waals surface area (Å²) < 4.78 is 2.13. The monoisotopic (exact) mass is 273 g/mol. The topological polar surface area (TPSA) is 80.2 Å². The van der Waals surface area contributed by atoms with Crippen LogP contribution < -0.4 is 10.6 Å². The second-order valence-corrected chi connectivity index (χ2v) is 5.13. The highest BCUT2D eigenvalue weighted by Crippen LogP contribution is 2.30. The van der Waals surface area contributed by atoms with Crippen molar-refractivity contribution in [2.24, 2.45) is 0 Å². The number of nitrogens with one attached hydrogen (secondary N) is 2. The SMILES string of the molecule is O=C1NC(=O)C(=Cc2ccn(C3CCCC3)c2)C(=O)N1. The van der Waals surface area contributed by atoms with Gasteiger partial charge in [-0.2, -0.15) is 0 Å². The molecule has 0 atom stereocenters. The summed E-state index contributed by atoms with van der Waals surface area (Å²) in [5.74, 6) is -1.32. The molecule has 0 unspecified atom stereocenters. The van der Waals surface area contributed by atoms with Gasteiger partial charge in [-0.15, -0.1) is 0 Å². The summed E-state index contributed by atoms with van der Waals surface area (Å²) in [4.78, 5) is 34.2. The molecule has 1 saturated heterocycles. The summed E-state index contributed by atoms with van der Waals surface area (Å²) in [5.41, 5.74) is 0.736. The van der Waals surface area contributed by atoms with Crippen molar-refractivity contribution in [3.8, 4) is 0 Å². The van der Waals surface area contributed by atoms with Crippen molar-refractivity contribution in [3.05, 3.63) is 29.6 Å². The predicted octanol–water partition coefficient (Wildman–Crippen LogP) is 1.35. The average molecular weight is 273 g/mol. The third-order valence-corrected chi connectivity index (χ3v) is 3.74. The van der Waals surface area contributed by atoms with E-state index in [0.717, 1.165) is 5.56 Å². The van der Waals surface area contributed by atoms with Crippen LogP contribution in [-0.2, 0) is 9.59 Å². The third-order valence-electron chi connectivity index (χ3n) is 3.74. The molecule has 6 heteroatoms. The minimum Gasteiger partial charge on any atom is -0.351 e. The number of imide groups is 2. The molecule has 4 amide bonds. The number of hydrogen-bond acceptors (Lipinski definition) is 3. The Balaban J connectivity index is 1.82.